The van der Waals surface area contributed by atoms with Gasteiger partial charge in [0, 0.05) is 49.9 Å². The second-order valence-electron chi connectivity index (χ2n) is 9.61. The Kier molecular flexibility index (Phi) is 7.55. The number of benzene rings is 3. The lowest BCUT2D eigenvalue weighted by atomic mass is 10.1. The van der Waals surface area contributed by atoms with Crippen LogP contribution in [-0.4, -0.2) is 52.3 Å². The molecule has 4 aromatic rings. The normalized spacial score (nSPS) is 12.9. The number of likely N-dealkylation sites (tertiary alicyclic amines) is 1. The number of anilines is 2. The molecule has 3 aromatic carbocycles. The molecule has 1 saturated heterocycles. The van der Waals surface area contributed by atoms with Gasteiger partial charge in [-0.2, -0.15) is 5.26 Å². The van der Waals surface area contributed by atoms with E-state index >= 15 is 0 Å². The minimum Gasteiger partial charge on any atom is -0.343 e. The first-order valence-corrected chi connectivity index (χ1v) is 13.0. The van der Waals surface area contributed by atoms with Crippen molar-refractivity contribution in [3.63, 3.8) is 0 Å². The Morgan fingerprint density at radius 2 is 1.77 bits per heavy atom. The van der Waals surface area contributed by atoms with Crippen LogP contribution in [-0.2, 0) is 11.3 Å². The zero-order valence-electron chi connectivity index (χ0n) is 21.9. The molecule has 0 saturated carbocycles. The third-order valence-electron chi connectivity index (χ3n) is 7.00. The Balaban J connectivity index is 1.42. The Hall–Kier alpha value is -5.04. The summed E-state index contributed by atoms with van der Waals surface area (Å²) in [7, 11) is 1.63. The van der Waals surface area contributed by atoms with E-state index in [1.165, 1.54) is 29.2 Å². The third kappa shape index (κ3) is 5.54. The Morgan fingerprint density at radius 3 is 2.45 bits per heavy atom. The van der Waals surface area contributed by atoms with E-state index in [4.69, 9.17) is 5.26 Å². The minimum absolute atomic E-state index is 0.156. The number of halogens is 1. The van der Waals surface area contributed by atoms with Crippen molar-refractivity contribution >= 4 is 40.4 Å². The quantitative estimate of drug-likeness (QED) is 0.353. The highest BCUT2D eigenvalue weighted by molar-refractivity contribution is 6.07. The first kappa shape index (κ1) is 26.6. The number of aromatic nitrogens is 2. The summed E-state index contributed by atoms with van der Waals surface area (Å²) in [5.74, 6) is -0.607. The van der Waals surface area contributed by atoms with Crippen LogP contribution in [0.4, 0.5) is 16.0 Å². The summed E-state index contributed by atoms with van der Waals surface area (Å²) < 4.78 is 15.2. The first-order chi connectivity index (χ1) is 19.3. The molecule has 0 atom stereocenters. The van der Waals surface area contributed by atoms with Crippen LogP contribution in [0.2, 0.25) is 0 Å². The lowest BCUT2D eigenvalue weighted by Gasteiger charge is -2.18. The average molecular weight is 539 g/mol. The molecule has 202 valence electrons. The molecular weight excluding hydrogens is 511 g/mol. The second kappa shape index (κ2) is 11.4. The molecule has 2 heterocycles. The number of nitrogens with one attached hydrogen (secondary N) is 1. The molecule has 1 fully saturated rings. The van der Waals surface area contributed by atoms with Crippen LogP contribution < -0.4 is 10.2 Å². The van der Waals surface area contributed by atoms with Crippen molar-refractivity contribution in [2.24, 2.45) is 0 Å². The molecule has 1 aliphatic rings. The summed E-state index contributed by atoms with van der Waals surface area (Å²) in [5, 5.41) is 11.9. The van der Waals surface area contributed by atoms with Crippen molar-refractivity contribution in [1.29, 1.82) is 5.26 Å². The number of carbonyl (C=O) groups is 3. The lowest BCUT2D eigenvalue weighted by molar-refractivity contribution is -0.127. The largest absolute Gasteiger partial charge is 0.343 e. The summed E-state index contributed by atoms with van der Waals surface area (Å²) in [6, 6.07) is 19.1. The van der Waals surface area contributed by atoms with Crippen LogP contribution in [0.15, 0.2) is 66.7 Å². The summed E-state index contributed by atoms with van der Waals surface area (Å²) >= 11 is 0. The van der Waals surface area contributed by atoms with Crippen LogP contribution in [0.1, 0.15) is 45.5 Å². The fourth-order valence-corrected chi connectivity index (χ4v) is 4.78. The molecule has 1 aliphatic heterocycles. The molecule has 1 N–H and O–H groups in total. The van der Waals surface area contributed by atoms with Crippen LogP contribution >= 0.6 is 0 Å². The van der Waals surface area contributed by atoms with E-state index in [9.17, 15) is 18.8 Å². The van der Waals surface area contributed by atoms with Gasteiger partial charge in [0.2, 0.25) is 11.9 Å². The van der Waals surface area contributed by atoms with E-state index in [1.807, 2.05) is 21.6 Å². The average Bonchev–Trinajstić information content (AvgIpc) is 3.54. The van der Waals surface area contributed by atoms with Gasteiger partial charge in [0.1, 0.15) is 5.82 Å². The fraction of sp³-hybridized carbons (Fsp3) is 0.233. The van der Waals surface area contributed by atoms with Gasteiger partial charge >= 0.3 is 0 Å². The maximum atomic E-state index is 13.3. The van der Waals surface area contributed by atoms with Crippen molar-refractivity contribution in [3.8, 4) is 6.07 Å². The van der Waals surface area contributed by atoms with Gasteiger partial charge < -0.3 is 14.4 Å². The number of hydrogen-bond acceptors (Lipinski definition) is 5. The first-order valence-electron chi connectivity index (χ1n) is 13.0. The van der Waals surface area contributed by atoms with E-state index in [0.717, 1.165) is 18.5 Å². The molecule has 0 spiro atoms. The van der Waals surface area contributed by atoms with Crippen LogP contribution in [0, 0.1) is 17.1 Å². The summed E-state index contributed by atoms with van der Waals surface area (Å²) in [4.78, 5) is 46.0. The Bertz CT molecular complexity index is 1620. The minimum atomic E-state index is -0.421. The van der Waals surface area contributed by atoms with Crippen molar-refractivity contribution in [3.05, 3.63) is 89.2 Å². The molecule has 40 heavy (non-hydrogen) atoms. The number of amides is 3. The zero-order chi connectivity index (χ0) is 28.2. The van der Waals surface area contributed by atoms with Gasteiger partial charge in [-0.05, 0) is 79.6 Å². The van der Waals surface area contributed by atoms with Crippen LogP contribution in [0.25, 0.3) is 11.0 Å². The molecule has 10 heteroatoms. The maximum absolute atomic E-state index is 13.3. The SMILES string of the molecule is CN(C(=O)c1ccc(F)cc1)c1ccc2c(c1)nc(NC(=O)c1ccc(C#N)cc1)n2CCCN1CCCC1=O. The number of aryl methyl sites for hydroxylation is 1. The predicted molar refractivity (Wildman–Crippen MR) is 148 cm³/mol. The topological polar surface area (TPSA) is 111 Å². The molecule has 0 aliphatic carbocycles. The van der Waals surface area contributed by atoms with Gasteiger partial charge in [-0.15, -0.1) is 0 Å². The molecule has 0 bridgehead atoms. The number of nitriles is 1. The van der Waals surface area contributed by atoms with E-state index in [1.54, 1.807) is 43.4 Å². The van der Waals surface area contributed by atoms with E-state index in [-0.39, 0.29) is 17.7 Å². The van der Waals surface area contributed by atoms with Gasteiger partial charge in [0.25, 0.3) is 11.8 Å². The highest BCUT2D eigenvalue weighted by Crippen LogP contribution is 2.27. The smallest absolute Gasteiger partial charge is 0.258 e. The van der Waals surface area contributed by atoms with Gasteiger partial charge in [-0.3, -0.25) is 19.7 Å². The fourth-order valence-electron chi connectivity index (χ4n) is 4.78. The van der Waals surface area contributed by atoms with Crippen molar-refractivity contribution in [1.82, 2.24) is 14.5 Å². The molecule has 9 nitrogen and oxygen atoms in total. The molecule has 5 rings (SSSR count). The number of hydrogen-bond donors (Lipinski definition) is 1. The van der Waals surface area contributed by atoms with E-state index in [2.05, 4.69) is 10.3 Å². The molecule has 0 unspecified atom stereocenters. The molecule has 1 aromatic heterocycles. The lowest BCUT2D eigenvalue weighted by Crippen LogP contribution is -2.26. The number of rotatable bonds is 8. The van der Waals surface area contributed by atoms with Gasteiger partial charge in [0.05, 0.1) is 22.7 Å². The number of imidazole rings is 1. The molecule has 0 radical (unpaired) electrons. The van der Waals surface area contributed by atoms with Crippen LogP contribution in [0.3, 0.4) is 0 Å². The Morgan fingerprint density at radius 1 is 1.05 bits per heavy atom. The van der Waals surface area contributed by atoms with E-state index < -0.39 is 5.82 Å². The van der Waals surface area contributed by atoms with Gasteiger partial charge in [-0.1, -0.05) is 0 Å². The molecular formula is C30H27FN6O3. The predicted octanol–water partition coefficient (Wildman–Crippen LogP) is 4.59. The number of nitrogens with zero attached hydrogens (tertiary/aromatic N) is 5. The third-order valence-corrected chi connectivity index (χ3v) is 7.00. The van der Waals surface area contributed by atoms with Crippen molar-refractivity contribution in [2.75, 3.05) is 30.4 Å². The summed E-state index contributed by atoms with van der Waals surface area (Å²) in [6.45, 7) is 1.87. The van der Waals surface area contributed by atoms with E-state index in [0.29, 0.717) is 59.8 Å². The second-order valence-corrected chi connectivity index (χ2v) is 9.61. The monoisotopic (exact) mass is 538 g/mol. The van der Waals surface area contributed by atoms with Crippen molar-refractivity contribution in [2.45, 2.75) is 25.8 Å². The van der Waals surface area contributed by atoms with Crippen molar-refractivity contribution < 1.29 is 18.8 Å². The summed E-state index contributed by atoms with van der Waals surface area (Å²) in [5.41, 5.74) is 3.09. The summed E-state index contributed by atoms with van der Waals surface area (Å²) in [6.07, 6.45) is 2.11. The highest BCUT2D eigenvalue weighted by Gasteiger charge is 2.21. The van der Waals surface area contributed by atoms with Gasteiger partial charge in [-0.25, -0.2) is 9.37 Å². The standard InChI is InChI=1S/C30H27FN6O3/c1-35(29(40)22-9-11-23(31)12-10-22)24-13-14-26-25(18-24)33-30(34-28(39)21-7-5-20(19-32)6-8-21)37(26)17-3-16-36-15-2-4-27(36)38/h5-14,18H,2-4,15-17H2,1H3,(H,33,34,39). The van der Waals surface area contributed by atoms with Crippen LogP contribution in [0.5, 0.6) is 0 Å². The molecule has 3 amide bonds. The highest BCUT2D eigenvalue weighted by atomic mass is 19.1. The van der Waals surface area contributed by atoms with Gasteiger partial charge in [0.15, 0.2) is 0 Å². The Labute approximate surface area is 230 Å². The number of carbonyl (C=O) groups excluding carboxylic acids is 3. The zero-order valence-corrected chi connectivity index (χ0v) is 21.9. The number of fused-ring (bicyclic) bond motifs is 1. The maximum Gasteiger partial charge on any atom is 0.258 e.